The number of hydrogen-bond acceptors (Lipinski definition) is 3. The molecule has 1 aliphatic heterocycles. The highest BCUT2D eigenvalue weighted by molar-refractivity contribution is 5.78. The number of benzene rings is 1. The molecule has 1 aromatic heterocycles. The number of hydrogen-bond donors (Lipinski definition) is 0. The molecule has 0 amide bonds. The lowest BCUT2D eigenvalue weighted by Gasteiger charge is -2.26. The first-order valence-corrected chi connectivity index (χ1v) is 5.98. The zero-order valence-electron chi connectivity index (χ0n) is 9.72. The second-order valence-corrected chi connectivity index (χ2v) is 4.29. The molecule has 17 heavy (non-hydrogen) atoms. The van der Waals surface area contributed by atoms with Gasteiger partial charge in [-0.05, 0) is 12.1 Å². The second-order valence-electron chi connectivity index (χ2n) is 4.29. The summed E-state index contributed by atoms with van der Waals surface area (Å²) in [6.45, 7) is 4.50. The van der Waals surface area contributed by atoms with Crippen LogP contribution in [-0.2, 0) is 11.3 Å². The van der Waals surface area contributed by atoms with Crippen LogP contribution in [-0.4, -0.2) is 36.2 Å². The minimum absolute atomic E-state index is 0.827. The van der Waals surface area contributed by atoms with Crippen LogP contribution in [0.5, 0.6) is 0 Å². The van der Waals surface area contributed by atoms with Gasteiger partial charge >= 0.3 is 0 Å². The van der Waals surface area contributed by atoms with Crippen molar-refractivity contribution in [1.29, 1.82) is 0 Å². The summed E-state index contributed by atoms with van der Waals surface area (Å²) < 4.78 is 5.34. The minimum atomic E-state index is 0.827. The molecule has 3 rings (SSSR count). The lowest BCUT2D eigenvalue weighted by Crippen LogP contribution is -2.35. The van der Waals surface area contributed by atoms with Gasteiger partial charge in [0.25, 0.3) is 0 Å². The van der Waals surface area contributed by atoms with Crippen LogP contribution in [0.2, 0.25) is 0 Å². The van der Waals surface area contributed by atoms with Crippen LogP contribution < -0.4 is 0 Å². The van der Waals surface area contributed by atoms with Gasteiger partial charge in [-0.25, -0.2) is 0 Å². The van der Waals surface area contributed by atoms with Gasteiger partial charge in [0.1, 0.15) is 0 Å². The van der Waals surface area contributed by atoms with Crippen molar-refractivity contribution in [3.63, 3.8) is 0 Å². The molecule has 1 aliphatic rings. The Balaban J connectivity index is 1.80. The number of pyridine rings is 1. The molecule has 1 aromatic carbocycles. The highest BCUT2D eigenvalue weighted by atomic mass is 16.5. The fourth-order valence-corrected chi connectivity index (χ4v) is 2.10. The normalized spacial score (nSPS) is 17.4. The molecule has 0 unspecified atom stereocenters. The summed E-state index contributed by atoms with van der Waals surface area (Å²) in [6.07, 6.45) is 0. The Labute approximate surface area is 101 Å². The summed E-state index contributed by atoms with van der Waals surface area (Å²) in [6, 6.07) is 13.5. The predicted molar refractivity (Wildman–Crippen MR) is 66.7 cm³/mol. The molecule has 2 heterocycles. The first-order chi connectivity index (χ1) is 8.42. The van der Waals surface area contributed by atoms with Crippen molar-refractivity contribution < 1.29 is 4.74 Å². The monoisotopic (exact) mass is 227 g/mol. The van der Waals surface area contributed by atoms with Crippen LogP contribution in [0, 0.1) is 6.07 Å². The first-order valence-electron chi connectivity index (χ1n) is 5.98. The number of nitrogens with zero attached hydrogens (tertiary/aromatic N) is 2. The van der Waals surface area contributed by atoms with Gasteiger partial charge in [0.2, 0.25) is 0 Å². The second kappa shape index (κ2) is 4.82. The Bertz CT molecular complexity index is 506. The van der Waals surface area contributed by atoms with E-state index < -0.39 is 0 Å². The Morgan fingerprint density at radius 2 is 2.06 bits per heavy atom. The van der Waals surface area contributed by atoms with Crippen molar-refractivity contribution in [3.05, 3.63) is 42.1 Å². The highest BCUT2D eigenvalue weighted by Crippen LogP contribution is 2.12. The van der Waals surface area contributed by atoms with Crippen LogP contribution in [0.3, 0.4) is 0 Å². The van der Waals surface area contributed by atoms with Crippen LogP contribution >= 0.6 is 0 Å². The zero-order valence-corrected chi connectivity index (χ0v) is 9.72. The number of rotatable bonds is 2. The Morgan fingerprint density at radius 1 is 1.24 bits per heavy atom. The third-order valence-electron chi connectivity index (χ3n) is 3.06. The van der Waals surface area contributed by atoms with E-state index in [1.54, 1.807) is 0 Å². The molecular weight excluding hydrogens is 212 g/mol. The van der Waals surface area contributed by atoms with Gasteiger partial charge in [0.15, 0.2) is 0 Å². The molecule has 2 aromatic rings. The van der Waals surface area contributed by atoms with Crippen molar-refractivity contribution in [2.24, 2.45) is 0 Å². The van der Waals surface area contributed by atoms with E-state index in [-0.39, 0.29) is 0 Å². The van der Waals surface area contributed by atoms with Crippen LogP contribution in [0.25, 0.3) is 10.9 Å². The molecule has 1 saturated heterocycles. The number of aromatic nitrogens is 1. The van der Waals surface area contributed by atoms with Crippen molar-refractivity contribution in [2.45, 2.75) is 6.54 Å². The van der Waals surface area contributed by atoms with Crippen LogP contribution in [0.1, 0.15) is 5.69 Å². The summed E-state index contributed by atoms with van der Waals surface area (Å²) in [4.78, 5) is 6.99. The molecule has 87 valence electrons. The summed E-state index contributed by atoms with van der Waals surface area (Å²) in [5.74, 6) is 0. The van der Waals surface area contributed by atoms with E-state index in [2.05, 4.69) is 22.0 Å². The molecule has 0 bridgehead atoms. The SMILES string of the molecule is [c]1cc2ccccc2nc1CN1CCOCC1. The van der Waals surface area contributed by atoms with Crippen LogP contribution in [0.15, 0.2) is 30.3 Å². The Kier molecular flexibility index (Phi) is 3.03. The van der Waals surface area contributed by atoms with Crippen molar-refractivity contribution in [3.8, 4) is 0 Å². The first kappa shape index (κ1) is 10.7. The third kappa shape index (κ3) is 2.46. The smallest absolute Gasteiger partial charge is 0.0706 e. The van der Waals surface area contributed by atoms with Gasteiger partial charge in [-0.3, -0.25) is 9.88 Å². The molecule has 0 spiro atoms. The lowest BCUT2D eigenvalue weighted by molar-refractivity contribution is 0.0336. The standard InChI is InChI=1S/C14H15N2O/c1-2-4-14-12(3-1)5-6-13(15-14)11-16-7-9-17-10-8-16/h1-5H,7-11H2. The summed E-state index contributed by atoms with van der Waals surface area (Å²) in [5.41, 5.74) is 2.07. The summed E-state index contributed by atoms with van der Waals surface area (Å²) in [5, 5.41) is 1.15. The van der Waals surface area contributed by atoms with E-state index in [1.165, 1.54) is 0 Å². The molecule has 0 aliphatic carbocycles. The van der Waals surface area contributed by atoms with E-state index in [9.17, 15) is 0 Å². The zero-order chi connectivity index (χ0) is 11.5. The van der Waals surface area contributed by atoms with Crippen molar-refractivity contribution in [2.75, 3.05) is 26.3 Å². The number of morpholine rings is 1. The third-order valence-corrected chi connectivity index (χ3v) is 3.06. The van der Waals surface area contributed by atoms with Gasteiger partial charge in [-0.1, -0.05) is 18.2 Å². The maximum absolute atomic E-state index is 5.34. The number of para-hydroxylation sites is 1. The number of ether oxygens (including phenoxy) is 1. The van der Waals surface area contributed by atoms with Gasteiger partial charge < -0.3 is 4.74 Å². The van der Waals surface area contributed by atoms with Gasteiger partial charge in [0, 0.05) is 31.1 Å². The number of fused-ring (bicyclic) bond motifs is 1. The average Bonchev–Trinajstić information content (AvgIpc) is 2.40. The fraction of sp³-hybridized carbons (Fsp3) is 0.357. The highest BCUT2D eigenvalue weighted by Gasteiger charge is 2.11. The maximum Gasteiger partial charge on any atom is 0.0706 e. The molecule has 0 N–H and O–H groups in total. The van der Waals surface area contributed by atoms with Gasteiger partial charge in [-0.2, -0.15) is 0 Å². The van der Waals surface area contributed by atoms with Crippen molar-refractivity contribution in [1.82, 2.24) is 9.88 Å². The predicted octanol–water partition coefficient (Wildman–Crippen LogP) is 1.87. The summed E-state index contributed by atoms with van der Waals surface area (Å²) >= 11 is 0. The molecule has 1 fully saturated rings. The van der Waals surface area contributed by atoms with Gasteiger partial charge in [-0.15, -0.1) is 0 Å². The largest absolute Gasteiger partial charge is 0.379 e. The van der Waals surface area contributed by atoms with Gasteiger partial charge in [0.05, 0.1) is 24.4 Å². The maximum atomic E-state index is 5.34. The Hall–Kier alpha value is -1.45. The molecule has 0 saturated carbocycles. The molecule has 1 radical (unpaired) electrons. The lowest BCUT2D eigenvalue weighted by atomic mass is 10.2. The average molecular weight is 227 g/mol. The quantitative estimate of drug-likeness (QED) is 0.783. The minimum Gasteiger partial charge on any atom is -0.379 e. The van der Waals surface area contributed by atoms with E-state index in [1.807, 2.05) is 24.3 Å². The van der Waals surface area contributed by atoms with Crippen LogP contribution in [0.4, 0.5) is 0 Å². The fourth-order valence-electron chi connectivity index (χ4n) is 2.10. The van der Waals surface area contributed by atoms with E-state index >= 15 is 0 Å². The molecular formula is C14H15N2O. The topological polar surface area (TPSA) is 25.4 Å². The molecule has 3 nitrogen and oxygen atoms in total. The van der Waals surface area contributed by atoms with E-state index in [0.29, 0.717) is 0 Å². The molecule has 0 atom stereocenters. The van der Waals surface area contributed by atoms with E-state index in [0.717, 1.165) is 49.4 Å². The molecule has 3 heteroatoms. The Morgan fingerprint density at radius 3 is 2.94 bits per heavy atom. The van der Waals surface area contributed by atoms with E-state index in [4.69, 9.17) is 4.74 Å². The summed E-state index contributed by atoms with van der Waals surface area (Å²) in [7, 11) is 0. The van der Waals surface area contributed by atoms with Crippen molar-refractivity contribution >= 4 is 10.9 Å².